The average Bonchev–Trinajstić information content (AvgIpc) is 2.83. The van der Waals surface area contributed by atoms with Gasteiger partial charge in [-0.2, -0.15) is 0 Å². The molecule has 2 N–H and O–H groups in total. The van der Waals surface area contributed by atoms with Gasteiger partial charge < -0.3 is 15.4 Å². The van der Waals surface area contributed by atoms with E-state index < -0.39 is 11.5 Å². The van der Waals surface area contributed by atoms with Gasteiger partial charge in [0, 0.05) is 19.1 Å². The first-order chi connectivity index (χ1) is 9.78. The van der Waals surface area contributed by atoms with Gasteiger partial charge >= 0.3 is 5.97 Å². The number of amides is 1. The van der Waals surface area contributed by atoms with Gasteiger partial charge in [-0.05, 0) is 40.0 Å². The van der Waals surface area contributed by atoms with E-state index in [1.807, 2.05) is 25.7 Å². The average molecular weight is 296 g/mol. The third-order valence-electron chi connectivity index (χ3n) is 3.57. The molecule has 0 saturated carbocycles. The van der Waals surface area contributed by atoms with Crippen LogP contribution in [0, 0.1) is 5.92 Å². The van der Waals surface area contributed by atoms with Crippen LogP contribution in [-0.4, -0.2) is 41.5 Å². The molecule has 5 heteroatoms. The van der Waals surface area contributed by atoms with E-state index in [1.165, 1.54) is 0 Å². The fraction of sp³-hybridized carbons (Fsp3) is 0.750. The molecule has 120 valence electrons. The van der Waals surface area contributed by atoms with Gasteiger partial charge in [0.25, 0.3) is 0 Å². The number of ether oxygens (including phenoxy) is 1. The second-order valence-electron chi connectivity index (χ2n) is 6.58. The van der Waals surface area contributed by atoms with E-state index in [9.17, 15) is 9.59 Å². The number of carbonyl (C=O) groups excluding carboxylic acids is 2. The van der Waals surface area contributed by atoms with Gasteiger partial charge in [0.1, 0.15) is 5.60 Å². The Bertz CT molecular complexity index is 387. The van der Waals surface area contributed by atoms with Crippen molar-refractivity contribution in [2.75, 3.05) is 13.1 Å². The molecule has 1 unspecified atom stereocenters. The maximum absolute atomic E-state index is 12.6. The molecule has 1 amide bonds. The number of likely N-dealkylation sites (tertiary alicyclic amines) is 1. The minimum atomic E-state index is -0.535. The number of hydrogen-bond acceptors (Lipinski definition) is 4. The van der Waals surface area contributed by atoms with Gasteiger partial charge in [0.2, 0.25) is 5.91 Å². The fourth-order valence-corrected chi connectivity index (χ4v) is 2.66. The quantitative estimate of drug-likeness (QED) is 0.600. The van der Waals surface area contributed by atoms with Gasteiger partial charge in [-0.1, -0.05) is 6.08 Å². The molecular formula is C16H28N2O3. The predicted octanol–water partition coefficient (Wildman–Crippen LogP) is 1.86. The maximum atomic E-state index is 12.6. The highest BCUT2D eigenvalue weighted by Gasteiger charge is 2.33. The Morgan fingerprint density at radius 3 is 2.67 bits per heavy atom. The summed E-state index contributed by atoms with van der Waals surface area (Å²) >= 11 is 0. The predicted molar refractivity (Wildman–Crippen MR) is 82.6 cm³/mol. The monoisotopic (exact) mass is 296 g/mol. The zero-order valence-electron chi connectivity index (χ0n) is 13.4. The summed E-state index contributed by atoms with van der Waals surface area (Å²) in [6.07, 6.45) is 4.17. The summed E-state index contributed by atoms with van der Waals surface area (Å²) in [6.45, 7) is 10.3. The molecule has 0 aromatic heterocycles. The van der Waals surface area contributed by atoms with Crippen molar-refractivity contribution in [3.05, 3.63) is 12.7 Å². The molecule has 1 fully saturated rings. The first-order valence-corrected chi connectivity index (χ1v) is 7.61. The van der Waals surface area contributed by atoms with Crippen molar-refractivity contribution in [3.63, 3.8) is 0 Å². The Morgan fingerprint density at radius 2 is 2.14 bits per heavy atom. The highest BCUT2D eigenvalue weighted by molar-refractivity contribution is 5.84. The molecule has 0 aromatic rings. The Kier molecular flexibility index (Phi) is 6.40. The molecule has 1 saturated heterocycles. The van der Waals surface area contributed by atoms with Crippen LogP contribution in [0.4, 0.5) is 0 Å². The molecule has 0 aromatic carbocycles. The van der Waals surface area contributed by atoms with Gasteiger partial charge in [0.15, 0.2) is 0 Å². The molecular weight excluding hydrogens is 268 g/mol. The highest BCUT2D eigenvalue weighted by atomic mass is 16.6. The molecule has 0 aliphatic carbocycles. The topological polar surface area (TPSA) is 72.6 Å². The molecule has 21 heavy (non-hydrogen) atoms. The van der Waals surface area contributed by atoms with Crippen LogP contribution in [0.2, 0.25) is 0 Å². The summed E-state index contributed by atoms with van der Waals surface area (Å²) < 4.78 is 5.31. The Labute approximate surface area is 127 Å². The van der Waals surface area contributed by atoms with Crippen LogP contribution in [0.5, 0.6) is 0 Å². The second-order valence-corrected chi connectivity index (χ2v) is 6.58. The van der Waals surface area contributed by atoms with Crippen LogP contribution in [-0.2, 0) is 14.3 Å². The normalized spacial score (nSPS) is 20.2. The van der Waals surface area contributed by atoms with Gasteiger partial charge in [0.05, 0.1) is 12.3 Å². The molecule has 0 bridgehead atoms. The van der Waals surface area contributed by atoms with Crippen LogP contribution in [0.1, 0.15) is 46.5 Å². The van der Waals surface area contributed by atoms with Crippen molar-refractivity contribution < 1.29 is 14.3 Å². The third-order valence-corrected chi connectivity index (χ3v) is 3.57. The van der Waals surface area contributed by atoms with Gasteiger partial charge in [-0.15, -0.1) is 6.58 Å². The van der Waals surface area contributed by atoms with Crippen molar-refractivity contribution in [1.29, 1.82) is 0 Å². The van der Waals surface area contributed by atoms with Crippen molar-refractivity contribution in [2.45, 2.75) is 58.1 Å². The summed E-state index contributed by atoms with van der Waals surface area (Å²) in [5, 5.41) is 0. The zero-order chi connectivity index (χ0) is 16.0. The highest BCUT2D eigenvalue weighted by Crippen LogP contribution is 2.23. The van der Waals surface area contributed by atoms with Crippen molar-refractivity contribution in [3.8, 4) is 0 Å². The lowest BCUT2D eigenvalue weighted by Crippen LogP contribution is -2.43. The summed E-state index contributed by atoms with van der Waals surface area (Å²) in [7, 11) is 0. The molecule has 0 radical (unpaired) electrons. The minimum absolute atomic E-state index is 0.00582. The Morgan fingerprint density at radius 1 is 1.48 bits per heavy atom. The largest absolute Gasteiger partial charge is 0.460 e. The van der Waals surface area contributed by atoms with E-state index in [-0.39, 0.29) is 24.3 Å². The molecule has 1 aliphatic rings. The number of carbonyl (C=O) groups is 2. The summed E-state index contributed by atoms with van der Waals surface area (Å²) in [5.74, 6) is -0.746. The zero-order valence-corrected chi connectivity index (χ0v) is 13.4. The fourth-order valence-electron chi connectivity index (χ4n) is 2.66. The van der Waals surface area contributed by atoms with Gasteiger partial charge in [-0.25, -0.2) is 0 Å². The number of hydrogen-bond donors (Lipinski definition) is 1. The smallest absolute Gasteiger partial charge is 0.307 e. The lowest BCUT2D eigenvalue weighted by Gasteiger charge is -2.28. The SMILES string of the molecule is C=CCC(CC(=O)OC(C)(C)C)C(=O)N1CCC[C@H]1CN. The second kappa shape index (κ2) is 7.59. The number of allylic oxidation sites excluding steroid dienone is 1. The summed E-state index contributed by atoms with van der Waals surface area (Å²) in [6, 6.07) is 0.100. The number of esters is 1. The molecule has 1 aliphatic heterocycles. The lowest BCUT2D eigenvalue weighted by molar-refractivity contribution is -0.158. The van der Waals surface area contributed by atoms with E-state index in [0.717, 1.165) is 19.4 Å². The van der Waals surface area contributed by atoms with Crippen LogP contribution >= 0.6 is 0 Å². The number of rotatable bonds is 6. The molecule has 1 heterocycles. The van der Waals surface area contributed by atoms with Crippen LogP contribution in [0.3, 0.4) is 0 Å². The summed E-state index contributed by atoms with van der Waals surface area (Å²) in [4.78, 5) is 26.4. The lowest BCUT2D eigenvalue weighted by atomic mass is 9.99. The summed E-state index contributed by atoms with van der Waals surface area (Å²) in [5.41, 5.74) is 5.18. The molecule has 5 nitrogen and oxygen atoms in total. The van der Waals surface area contributed by atoms with E-state index in [2.05, 4.69) is 6.58 Å². The molecule has 2 atom stereocenters. The van der Waals surface area contributed by atoms with E-state index in [4.69, 9.17) is 10.5 Å². The van der Waals surface area contributed by atoms with Crippen molar-refractivity contribution >= 4 is 11.9 Å². The first kappa shape index (κ1) is 17.7. The Hall–Kier alpha value is -1.36. The Balaban J connectivity index is 2.69. The van der Waals surface area contributed by atoms with E-state index in [0.29, 0.717) is 13.0 Å². The molecule has 1 rings (SSSR count). The third kappa shape index (κ3) is 5.50. The van der Waals surface area contributed by atoms with Gasteiger partial charge in [-0.3, -0.25) is 9.59 Å². The number of nitrogens with two attached hydrogens (primary N) is 1. The van der Waals surface area contributed by atoms with Crippen LogP contribution in [0.25, 0.3) is 0 Å². The molecule has 0 spiro atoms. The van der Waals surface area contributed by atoms with Crippen LogP contribution < -0.4 is 5.73 Å². The first-order valence-electron chi connectivity index (χ1n) is 7.61. The maximum Gasteiger partial charge on any atom is 0.307 e. The van der Waals surface area contributed by atoms with E-state index in [1.54, 1.807) is 6.08 Å². The number of nitrogens with zero attached hydrogens (tertiary/aromatic N) is 1. The van der Waals surface area contributed by atoms with E-state index >= 15 is 0 Å². The minimum Gasteiger partial charge on any atom is -0.460 e. The van der Waals surface area contributed by atoms with Crippen molar-refractivity contribution in [1.82, 2.24) is 4.90 Å². The van der Waals surface area contributed by atoms with Crippen molar-refractivity contribution in [2.24, 2.45) is 11.7 Å². The standard InChI is InChI=1S/C16H28N2O3/c1-5-7-12(10-14(19)21-16(2,3)4)15(20)18-9-6-8-13(18)11-17/h5,12-13H,1,6-11,17H2,2-4H3/t12?,13-/m0/s1. The van der Waals surface area contributed by atoms with Crippen LogP contribution in [0.15, 0.2) is 12.7 Å².